The Morgan fingerprint density at radius 2 is 1.97 bits per heavy atom. The van der Waals surface area contributed by atoms with Crippen LogP contribution in [-0.2, 0) is 4.79 Å². The van der Waals surface area contributed by atoms with E-state index < -0.39 is 0 Å². The number of nitrogens with one attached hydrogen (secondary N) is 1. The van der Waals surface area contributed by atoms with Gasteiger partial charge in [0.15, 0.2) is 5.65 Å². The minimum Gasteiger partial charge on any atom is -0.395 e. The van der Waals surface area contributed by atoms with Crippen LogP contribution in [0, 0.1) is 12.8 Å². The molecule has 9 nitrogen and oxygen atoms in total. The van der Waals surface area contributed by atoms with Gasteiger partial charge in [0, 0.05) is 25.6 Å². The lowest BCUT2D eigenvalue weighted by Gasteiger charge is -2.30. The molecule has 1 aliphatic rings. The third-order valence-corrected chi connectivity index (χ3v) is 5.28. The largest absolute Gasteiger partial charge is 0.395 e. The van der Waals surface area contributed by atoms with E-state index in [1.165, 1.54) is 5.56 Å². The maximum absolute atomic E-state index is 11.5. The summed E-state index contributed by atoms with van der Waals surface area (Å²) in [5, 5.41) is 17.7. The number of benzene rings is 1. The third-order valence-electron chi connectivity index (χ3n) is 5.28. The number of nitrogens with zero attached hydrogens (tertiary/aromatic N) is 5. The number of fused-ring (bicyclic) bond motifs is 1. The Labute approximate surface area is 168 Å². The van der Waals surface area contributed by atoms with E-state index >= 15 is 0 Å². The van der Waals surface area contributed by atoms with Crippen LogP contribution in [-0.4, -0.2) is 57.0 Å². The topological polar surface area (TPSA) is 122 Å². The van der Waals surface area contributed by atoms with Gasteiger partial charge in [-0.1, -0.05) is 17.7 Å². The number of anilines is 2. The van der Waals surface area contributed by atoms with Crippen LogP contribution in [0.3, 0.4) is 0 Å². The number of carbonyl (C=O) groups excluding carboxylic acids is 1. The van der Waals surface area contributed by atoms with Gasteiger partial charge in [-0.05, 0) is 31.9 Å². The highest BCUT2D eigenvalue weighted by Crippen LogP contribution is 2.28. The molecule has 0 spiro atoms. The van der Waals surface area contributed by atoms with Gasteiger partial charge in [0.1, 0.15) is 5.82 Å². The Balaban J connectivity index is 1.73. The van der Waals surface area contributed by atoms with Crippen molar-refractivity contribution in [2.75, 3.05) is 36.5 Å². The van der Waals surface area contributed by atoms with Gasteiger partial charge in [0.05, 0.1) is 23.9 Å². The maximum Gasteiger partial charge on any atom is 0.229 e. The van der Waals surface area contributed by atoms with Crippen molar-refractivity contribution >= 4 is 28.7 Å². The molecule has 0 unspecified atom stereocenters. The molecule has 4 rings (SSSR count). The Bertz CT molecular complexity index is 1010. The molecule has 2 aromatic heterocycles. The lowest BCUT2D eigenvalue weighted by molar-refractivity contribution is -0.122. The molecule has 152 valence electrons. The standard InChI is InChI=1S/C20H25N7O2/c1-13-2-4-15(5-3-13)27-19-16(12-23-27)18(22-8-11-28)24-20(25-19)26-9-6-14(7-10-26)17(21)29/h2-5,12,14,28H,6-11H2,1H3,(H2,21,29)(H,22,24,25). The molecule has 29 heavy (non-hydrogen) atoms. The highest BCUT2D eigenvalue weighted by atomic mass is 16.3. The number of rotatable bonds is 6. The molecule has 4 N–H and O–H groups in total. The summed E-state index contributed by atoms with van der Waals surface area (Å²) in [6.07, 6.45) is 3.11. The first-order valence-electron chi connectivity index (χ1n) is 9.78. The highest BCUT2D eigenvalue weighted by molar-refractivity contribution is 5.88. The first kappa shape index (κ1) is 19.1. The SMILES string of the molecule is Cc1ccc(-n2ncc3c(NCCO)nc(N4CCC(C(N)=O)CC4)nc32)cc1. The quantitative estimate of drug-likeness (QED) is 0.574. The summed E-state index contributed by atoms with van der Waals surface area (Å²) in [5.41, 5.74) is 8.23. The summed E-state index contributed by atoms with van der Waals surface area (Å²) in [6, 6.07) is 8.07. The molecule has 1 aliphatic heterocycles. The second-order valence-electron chi connectivity index (χ2n) is 7.32. The van der Waals surface area contributed by atoms with Crippen LogP contribution in [0.2, 0.25) is 0 Å². The van der Waals surface area contributed by atoms with Crippen molar-refractivity contribution in [3.63, 3.8) is 0 Å². The molecule has 0 radical (unpaired) electrons. The Hall–Kier alpha value is -3.20. The number of hydrogen-bond acceptors (Lipinski definition) is 7. The number of hydrogen-bond donors (Lipinski definition) is 3. The average Bonchev–Trinajstić information content (AvgIpc) is 3.16. The number of nitrogens with two attached hydrogens (primary N) is 1. The van der Waals surface area contributed by atoms with Gasteiger partial charge in [-0.25, -0.2) is 4.68 Å². The molecule has 0 atom stereocenters. The normalized spacial score (nSPS) is 15.0. The van der Waals surface area contributed by atoms with Crippen molar-refractivity contribution in [2.24, 2.45) is 11.7 Å². The molecular weight excluding hydrogens is 370 g/mol. The number of aliphatic hydroxyl groups excluding tert-OH is 1. The van der Waals surface area contributed by atoms with Gasteiger partial charge < -0.3 is 21.1 Å². The summed E-state index contributed by atoms with van der Waals surface area (Å²) < 4.78 is 1.79. The summed E-state index contributed by atoms with van der Waals surface area (Å²) >= 11 is 0. The molecule has 3 heterocycles. The summed E-state index contributed by atoms with van der Waals surface area (Å²) in [7, 11) is 0. The van der Waals surface area contributed by atoms with Crippen LogP contribution in [0.15, 0.2) is 30.5 Å². The zero-order valence-electron chi connectivity index (χ0n) is 16.4. The van der Waals surface area contributed by atoms with E-state index in [9.17, 15) is 9.90 Å². The summed E-state index contributed by atoms with van der Waals surface area (Å²) in [4.78, 5) is 23.0. The molecule has 3 aromatic rings. The van der Waals surface area contributed by atoms with Gasteiger partial charge >= 0.3 is 0 Å². The fourth-order valence-electron chi connectivity index (χ4n) is 3.59. The van der Waals surface area contributed by atoms with Crippen LogP contribution < -0.4 is 16.0 Å². The Morgan fingerprint density at radius 3 is 2.62 bits per heavy atom. The van der Waals surface area contributed by atoms with E-state index in [0.717, 1.165) is 11.1 Å². The van der Waals surface area contributed by atoms with Gasteiger partial charge in [-0.2, -0.15) is 15.1 Å². The predicted octanol–water partition coefficient (Wildman–Crippen LogP) is 1.23. The van der Waals surface area contributed by atoms with Crippen molar-refractivity contribution in [1.29, 1.82) is 0 Å². The van der Waals surface area contributed by atoms with Crippen molar-refractivity contribution in [3.8, 4) is 5.69 Å². The fraction of sp³-hybridized carbons (Fsp3) is 0.400. The number of amides is 1. The van der Waals surface area contributed by atoms with Crippen LogP contribution in [0.1, 0.15) is 18.4 Å². The number of primary amides is 1. The second-order valence-corrected chi connectivity index (χ2v) is 7.32. The molecule has 0 bridgehead atoms. The number of carbonyl (C=O) groups is 1. The van der Waals surface area contributed by atoms with E-state index in [-0.39, 0.29) is 18.4 Å². The first-order valence-corrected chi connectivity index (χ1v) is 9.78. The van der Waals surface area contributed by atoms with Crippen molar-refractivity contribution in [1.82, 2.24) is 19.7 Å². The molecule has 9 heteroatoms. The molecule has 1 fully saturated rings. The van der Waals surface area contributed by atoms with Gasteiger partial charge in [-0.3, -0.25) is 4.79 Å². The molecule has 0 aliphatic carbocycles. The monoisotopic (exact) mass is 395 g/mol. The van der Waals surface area contributed by atoms with Crippen molar-refractivity contribution < 1.29 is 9.90 Å². The minimum atomic E-state index is -0.247. The second kappa shape index (κ2) is 8.04. The summed E-state index contributed by atoms with van der Waals surface area (Å²) in [6.45, 7) is 3.74. The van der Waals surface area contributed by atoms with Crippen LogP contribution in [0.4, 0.5) is 11.8 Å². The van der Waals surface area contributed by atoms with Crippen LogP contribution >= 0.6 is 0 Å². The molecule has 1 saturated heterocycles. The number of aromatic nitrogens is 4. The molecule has 1 aromatic carbocycles. The predicted molar refractivity (Wildman–Crippen MR) is 111 cm³/mol. The lowest BCUT2D eigenvalue weighted by Crippen LogP contribution is -2.39. The smallest absolute Gasteiger partial charge is 0.229 e. The number of aliphatic hydroxyl groups is 1. The zero-order chi connectivity index (χ0) is 20.4. The van der Waals surface area contributed by atoms with E-state index in [0.29, 0.717) is 49.9 Å². The van der Waals surface area contributed by atoms with Gasteiger partial charge in [0.25, 0.3) is 0 Å². The zero-order valence-corrected chi connectivity index (χ0v) is 16.4. The van der Waals surface area contributed by atoms with E-state index in [4.69, 9.17) is 10.7 Å². The third kappa shape index (κ3) is 3.86. The number of piperidine rings is 1. The van der Waals surface area contributed by atoms with E-state index in [1.54, 1.807) is 10.9 Å². The van der Waals surface area contributed by atoms with Crippen LogP contribution in [0.5, 0.6) is 0 Å². The fourth-order valence-corrected chi connectivity index (χ4v) is 3.59. The minimum absolute atomic E-state index is 0.00304. The first-order chi connectivity index (χ1) is 14.1. The molecule has 1 amide bonds. The van der Waals surface area contributed by atoms with E-state index in [1.807, 2.05) is 31.2 Å². The van der Waals surface area contributed by atoms with Crippen molar-refractivity contribution in [2.45, 2.75) is 19.8 Å². The summed E-state index contributed by atoms with van der Waals surface area (Å²) in [5.74, 6) is 0.868. The Kier molecular flexibility index (Phi) is 5.30. The van der Waals surface area contributed by atoms with Crippen LogP contribution in [0.25, 0.3) is 16.7 Å². The van der Waals surface area contributed by atoms with Gasteiger partial charge in [-0.15, -0.1) is 0 Å². The van der Waals surface area contributed by atoms with Gasteiger partial charge in [0.2, 0.25) is 11.9 Å². The number of aryl methyl sites for hydroxylation is 1. The van der Waals surface area contributed by atoms with Crippen molar-refractivity contribution in [3.05, 3.63) is 36.0 Å². The van der Waals surface area contributed by atoms with E-state index in [2.05, 4.69) is 20.3 Å². The lowest BCUT2D eigenvalue weighted by atomic mass is 9.96. The highest BCUT2D eigenvalue weighted by Gasteiger charge is 2.26. The average molecular weight is 395 g/mol. The maximum atomic E-state index is 11.5. The molecule has 0 saturated carbocycles. The Morgan fingerprint density at radius 1 is 1.24 bits per heavy atom. The molecular formula is C20H25N7O2.